The molecule has 0 unspecified atom stereocenters. The number of nitrogens with zero attached hydrogens (tertiary/aromatic N) is 3. The molecular formula is C48H51F3IN3. The molecule has 0 spiro atoms. The first-order valence-electron chi connectivity index (χ1n) is 19.5. The van der Waals surface area contributed by atoms with Crippen LogP contribution in [0.1, 0.15) is 78.4 Å². The number of fused-ring (bicyclic) bond motifs is 1. The second kappa shape index (κ2) is 15.4. The molecule has 2 aliphatic carbocycles. The predicted molar refractivity (Wildman–Crippen MR) is 231 cm³/mol. The van der Waals surface area contributed by atoms with Crippen molar-refractivity contribution in [1.29, 1.82) is 0 Å². The van der Waals surface area contributed by atoms with Gasteiger partial charge in [-0.3, -0.25) is 0 Å². The number of rotatable bonds is 9. The van der Waals surface area contributed by atoms with E-state index in [1.54, 1.807) is 0 Å². The average Bonchev–Trinajstić information content (AvgIpc) is 3.67. The Labute approximate surface area is 339 Å². The molecule has 2 heterocycles. The van der Waals surface area contributed by atoms with Crippen molar-refractivity contribution in [3.8, 4) is 0 Å². The molecular weight excluding hydrogens is 802 g/mol. The molecule has 7 rings (SSSR count). The topological polar surface area (TPSA) is 9.72 Å². The van der Waals surface area contributed by atoms with Gasteiger partial charge >= 0.3 is 6.18 Å². The van der Waals surface area contributed by atoms with E-state index in [0.29, 0.717) is 13.0 Å². The Kier molecular flexibility index (Phi) is 10.9. The fraction of sp³-hybridized carbons (Fsp3) is 0.333. The van der Waals surface area contributed by atoms with Crippen LogP contribution in [0.5, 0.6) is 0 Å². The van der Waals surface area contributed by atoms with Crippen molar-refractivity contribution in [1.82, 2.24) is 4.90 Å². The molecule has 0 fully saturated rings. The quantitative estimate of drug-likeness (QED) is 0.157. The summed E-state index contributed by atoms with van der Waals surface area (Å²) in [6.45, 7) is 14.7. The summed E-state index contributed by atoms with van der Waals surface area (Å²) >= 11 is 2.45. The smallest absolute Gasteiger partial charge is 0.348 e. The lowest BCUT2D eigenvalue weighted by Gasteiger charge is -2.39. The van der Waals surface area contributed by atoms with E-state index in [0.717, 1.165) is 57.9 Å². The monoisotopic (exact) mass is 853 g/mol. The van der Waals surface area contributed by atoms with Crippen LogP contribution in [-0.4, -0.2) is 24.2 Å². The van der Waals surface area contributed by atoms with Crippen LogP contribution in [0.3, 0.4) is 0 Å². The van der Waals surface area contributed by atoms with E-state index in [2.05, 4.69) is 176 Å². The van der Waals surface area contributed by atoms with Gasteiger partial charge in [-0.1, -0.05) is 117 Å². The van der Waals surface area contributed by atoms with Crippen LogP contribution >= 0.6 is 22.6 Å². The van der Waals surface area contributed by atoms with Crippen LogP contribution < -0.4 is 9.80 Å². The standard InChI is InChI=1S/C48H51F3IN3/c1-7-53-32-37(46(3,4)40-29-33(31-52)19-26-42(40)53)24-22-34-20-21-35(45(34)55(38-15-11-9-12-16-38)39-17-13-10-14-18-39)23-28-44-47(5,6)41-30-36(48(49,50)51)25-27-43(41)54(44)8-2/h9-19,22-24,26,28-30,32H,7-8,20-21,25,27,31H2,1-6H3/b24-22+,35-23+,44-28+. The first-order valence-corrected chi connectivity index (χ1v) is 21.0. The SMILES string of the molecule is CCN1C2=C(C=C(C(F)(F)F)CC2)C(C)(C)/C1=C\C=C1/CCC(/C=C/C2=CN(CC)c3ccc(CI)cc3C2(C)C)=C1N(c1ccccc1)c1ccccc1. The first kappa shape index (κ1) is 39.0. The summed E-state index contributed by atoms with van der Waals surface area (Å²) in [5.41, 5.74) is 12.6. The Morgan fingerprint density at radius 2 is 1.45 bits per heavy atom. The van der Waals surface area contributed by atoms with Crippen molar-refractivity contribution in [2.45, 2.75) is 83.2 Å². The molecule has 0 saturated carbocycles. The number of para-hydroxylation sites is 2. The van der Waals surface area contributed by atoms with Crippen molar-refractivity contribution in [3.63, 3.8) is 0 Å². The molecule has 2 aliphatic heterocycles. The second-order valence-corrected chi connectivity index (χ2v) is 16.6. The number of alkyl halides is 4. The molecule has 0 saturated heterocycles. The highest BCUT2D eigenvalue weighted by molar-refractivity contribution is 14.1. The molecule has 0 aromatic heterocycles. The summed E-state index contributed by atoms with van der Waals surface area (Å²) in [6, 6.07) is 27.9. The highest BCUT2D eigenvalue weighted by atomic mass is 127. The van der Waals surface area contributed by atoms with Gasteiger partial charge in [0, 0.05) is 68.6 Å². The molecule has 3 aromatic rings. The average molecular weight is 854 g/mol. The highest BCUT2D eigenvalue weighted by Gasteiger charge is 2.45. The van der Waals surface area contributed by atoms with Crippen molar-refractivity contribution in [2.75, 3.05) is 22.9 Å². The number of hydrogen-bond acceptors (Lipinski definition) is 3. The van der Waals surface area contributed by atoms with E-state index >= 15 is 0 Å². The van der Waals surface area contributed by atoms with Crippen molar-refractivity contribution in [2.24, 2.45) is 5.41 Å². The van der Waals surface area contributed by atoms with Gasteiger partial charge in [0.2, 0.25) is 0 Å². The predicted octanol–water partition coefficient (Wildman–Crippen LogP) is 13.8. The van der Waals surface area contributed by atoms with Crippen LogP contribution in [0, 0.1) is 5.41 Å². The van der Waals surface area contributed by atoms with Gasteiger partial charge in [0.15, 0.2) is 0 Å². The van der Waals surface area contributed by atoms with Crippen molar-refractivity contribution >= 4 is 39.7 Å². The van der Waals surface area contributed by atoms with Gasteiger partial charge in [-0.05, 0) is 115 Å². The molecule has 286 valence electrons. The molecule has 0 amide bonds. The first-order chi connectivity index (χ1) is 26.3. The van der Waals surface area contributed by atoms with Crippen LogP contribution in [0.2, 0.25) is 0 Å². The van der Waals surface area contributed by atoms with Gasteiger partial charge in [0.25, 0.3) is 0 Å². The maximum absolute atomic E-state index is 13.9. The molecule has 0 radical (unpaired) electrons. The molecule has 55 heavy (non-hydrogen) atoms. The molecule has 0 bridgehead atoms. The Balaban J connectivity index is 1.36. The summed E-state index contributed by atoms with van der Waals surface area (Å²) in [4.78, 5) is 6.98. The molecule has 3 nitrogen and oxygen atoms in total. The van der Waals surface area contributed by atoms with Crippen LogP contribution in [0.15, 0.2) is 160 Å². The number of anilines is 3. The molecule has 3 aromatic carbocycles. The normalized spacial score (nSPS) is 20.8. The molecule has 4 aliphatic rings. The largest absolute Gasteiger partial charge is 0.412 e. The van der Waals surface area contributed by atoms with E-state index in [4.69, 9.17) is 0 Å². The third kappa shape index (κ3) is 7.29. The zero-order chi connectivity index (χ0) is 39.1. The van der Waals surface area contributed by atoms with E-state index in [-0.39, 0.29) is 11.8 Å². The lowest BCUT2D eigenvalue weighted by molar-refractivity contribution is -0.0943. The van der Waals surface area contributed by atoms with Crippen LogP contribution in [-0.2, 0) is 9.84 Å². The lowest BCUT2D eigenvalue weighted by atomic mass is 9.74. The molecule has 0 N–H and O–H groups in total. The minimum Gasteiger partial charge on any atom is -0.348 e. The summed E-state index contributed by atoms with van der Waals surface area (Å²) in [7, 11) is 0. The highest BCUT2D eigenvalue weighted by Crippen LogP contribution is 2.53. The van der Waals surface area contributed by atoms with Crippen LogP contribution in [0.25, 0.3) is 0 Å². The van der Waals surface area contributed by atoms with Crippen LogP contribution in [0.4, 0.5) is 30.2 Å². The summed E-state index contributed by atoms with van der Waals surface area (Å²) < 4.78 is 42.7. The number of halogens is 4. The summed E-state index contributed by atoms with van der Waals surface area (Å²) in [6.07, 6.45) is 10.6. The lowest BCUT2D eigenvalue weighted by Crippen LogP contribution is -2.32. The third-order valence-corrected chi connectivity index (χ3v) is 12.7. The van der Waals surface area contributed by atoms with E-state index in [9.17, 15) is 13.2 Å². The Morgan fingerprint density at radius 3 is 2.05 bits per heavy atom. The zero-order valence-corrected chi connectivity index (χ0v) is 34.9. The molecule has 7 heteroatoms. The minimum atomic E-state index is -4.31. The van der Waals surface area contributed by atoms with E-state index in [1.807, 2.05) is 12.1 Å². The number of benzene rings is 3. The minimum absolute atomic E-state index is 0.0171. The van der Waals surface area contributed by atoms with Gasteiger partial charge < -0.3 is 14.7 Å². The van der Waals surface area contributed by atoms with Gasteiger partial charge in [0.05, 0.1) is 5.70 Å². The molecule has 0 atom stereocenters. The summed E-state index contributed by atoms with van der Waals surface area (Å²) in [5, 5.41) is 0. The van der Waals surface area contributed by atoms with Gasteiger partial charge in [-0.25, -0.2) is 0 Å². The maximum atomic E-state index is 13.9. The third-order valence-electron chi connectivity index (χ3n) is 11.9. The van der Waals surface area contributed by atoms with Gasteiger partial charge in [-0.15, -0.1) is 0 Å². The van der Waals surface area contributed by atoms with Crippen molar-refractivity contribution < 1.29 is 13.2 Å². The van der Waals surface area contributed by atoms with Crippen molar-refractivity contribution in [3.05, 3.63) is 172 Å². The number of hydrogen-bond donors (Lipinski definition) is 0. The Morgan fingerprint density at radius 1 is 0.782 bits per heavy atom. The fourth-order valence-electron chi connectivity index (χ4n) is 8.78. The summed E-state index contributed by atoms with van der Waals surface area (Å²) in [5.74, 6) is 0. The Hall–Kier alpha value is -4.24. The second-order valence-electron chi connectivity index (χ2n) is 15.8. The maximum Gasteiger partial charge on any atom is 0.412 e. The van der Waals surface area contributed by atoms with E-state index in [1.165, 1.54) is 39.6 Å². The van der Waals surface area contributed by atoms with Gasteiger partial charge in [0.1, 0.15) is 0 Å². The van der Waals surface area contributed by atoms with Gasteiger partial charge in [-0.2, -0.15) is 13.2 Å². The van der Waals surface area contributed by atoms with E-state index < -0.39 is 17.2 Å². The number of allylic oxidation sites excluding steroid dienone is 11. The Bertz CT molecular complexity index is 2120. The zero-order valence-electron chi connectivity index (χ0n) is 32.8. The fourth-order valence-corrected chi connectivity index (χ4v) is 9.26.